The maximum absolute atomic E-state index is 12.1. The van der Waals surface area contributed by atoms with Gasteiger partial charge in [0.25, 0.3) is 5.56 Å². The molecular weight excluding hydrogens is 326 g/mol. The fraction of sp³-hybridized carbons (Fsp3) is 0.385. The van der Waals surface area contributed by atoms with Crippen LogP contribution in [0.3, 0.4) is 0 Å². The largest absolute Gasteiger partial charge is 0.378 e. The molecule has 0 aliphatic heterocycles. The SMILES string of the molecule is CCCCn1ncc(NCc2cccs2)c(Br)c1=O. The summed E-state index contributed by atoms with van der Waals surface area (Å²) in [7, 11) is 0. The van der Waals surface area contributed by atoms with E-state index in [4.69, 9.17) is 0 Å². The number of nitrogens with one attached hydrogen (secondary N) is 1. The lowest BCUT2D eigenvalue weighted by molar-refractivity contribution is 0.541. The molecule has 1 N–H and O–H groups in total. The van der Waals surface area contributed by atoms with Gasteiger partial charge >= 0.3 is 0 Å². The molecule has 0 fully saturated rings. The van der Waals surface area contributed by atoms with Crippen LogP contribution in [0.15, 0.2) is 33.0 Å². The first kappa shape index (κ1) is 14.3. The standard InChI is InChI=1S/C13H16BrN3OS/c1-2-3-6-17-13(18)12(14)11(9-16-17)15-8-10-5-4-7-19-10/h4-5,7,9,15H,2-3,6,8H2,1H3. The fourth-order valence-electron chi connectivity index (χ4n) is 1.65. The van der Waals surface area contributed by atoms with Crippen LogP contribution in [-0.4, -0.2) is 9.78 Å². The van der Waals surface area contributed by atoms with Gasteiger partial charge in [0.1, 0.15) is 4.47 Å². The zero-order valence-electron chi connectivity index (χ0n) is 10.7. The molecule has 102 valence electrons. The van der Waals surface area contributed by atoms with Crippen LogP contribution < -0.4 is 10.9 Å². The van der Waals surface area contributed by atoms with Crippen molar-refractivity contribution >= 4 is 33.0 Å². The van der Waals surface area contributed by atoms with Gasteiger partial charge in [-0.2, -0.15) is 5.10 Å². The quantitative estimate of drug-likeness (QED) is 0.874. The molecule has 0 unspecified atom stereocenters. The summed E-state index contributed by atoms with van der Waals surface area (Å²) in [5.41, 5.74) is 0.663. The Hall–Kier alpha value is -1.14. The Bertz CT molecular complexity index is 580. The van der Waals surface area contributed by atoms with Crippen molar-refractivity contribution in [3.8, 4) is 0 Å². The minimum atomic E-state index is -0.0790. The summed E-state index contributed by atoms with van der Waals surface area (Å²) in [6, 6.07) is 4.07. The highest BCUT2D eigenvalue weighted by Crippen LogP contribution is 2.18. The summed E-state index contributed by atoms with van der Waals surface area (Å²) in [4.78, 5) is 13.3. The van der Waals surface area contributed by atoms with E-state index in [1.165, 1.54) is 9.56 Å². The minimum absolute atomic E-state index is 0.0790. The molecule has 19 heavy (non-hydrogen) atoms. The number of thiophene rings is 1. The number of halogens is 1. The van der Waals surface area contributed by atoms with Crippen molar-refractivity contribution in [2.24, 2.45) is 0 Å². The van der Waals surface area contributed by atoms with E-state index in [9.17, 15) is 4.79 Å². The highest BCUT2D eigenvalue weighted by atomic mass is 79.9. The van der Waals surface area contributed by atoms with Gasteiger partial charge in [-0.05, 0) is 33.8 Å². The van der Waals surface area contributed by atoms with Gasteiger partial charge in [-0.15, -0.1) is 11.3 Å². The van der Waals surface area contributed by atoms with E-state index in [-0.39, 0.29) is 5.56 Å². The average Bonchev–Trinajstić information content (AvgIpc) is 2.92. The Balaban J connectivity index is 2.09. The molecule has 4 nitrogen and oxygen atoms in total. The lowest BCUT2D eigenvalue weighted by Crippen LogP contribution is -2.24. The number of aromatic nitrogens is 2. The summed E-state index contributed by atoms with van der Waals surface area (Å²) in [5.74, 6) is 0. The molecular formula is C13H16BrN3OS. The van der Waals surface area contributed by atoms with Crippen LogP contribution in [0.5, 0.6) is 0 Å². The highest BCUT2D eigenvalue weighted by Gasteiger charge is 2.08. The number of unbranched alkanes of at least 4 members (excludes halogenated alkanes) is 1. The van der Waals surface area contributed by atoms with Crippen molar-refractivity contribution in [3.05, 3.63) is 43.4 Å². The third kappa shape index (κ3) is 3.67. The normalized spacial score (nSPS) is 10.6. The molecule has 2 rings (SSSR count). The van der Waals surface area contributed by atoms with Crippen LogP contribution in [0.2, 0.25) is 0 Å². The van der Waals surface area contributed by atoms with E-state index in [1.807, 2.05) is 11.4 Å². The molecule has 0 aliphatic carbocycles. The van der Waals surface area contributed by atoms with Gasteiger partial charge in [0.15, 0.2) is 0 Å². The van der Waals surface area contributed by atoms with Gasteiger partial charge in [-0.25, -0.2) is 4.68 Å². The van der Waals surface area contributed by atoms with Gasteiger partial charge in [-0.3, -0.25) is 4.79 Å². The van der Waals surface area contributed by atoms with E-state index in [1.54, 1.807) is 17.5 Å². The van der Waals surface area contributed by atoms with Crippen LogP contribution in [0.1, 0.15) is 24.6 Å². The third-order valence-corrected chi connectivity index (χ3v) is 4.38. The Morgan fingerprint density at radius 2 is 2.37 bits per heavy atom. The second-order valence-electron chi connectivity index (χ2n) is 4.19. The Morgan fingerprint density at radius 1 is 1.53 bits per heavy atom. The molecule has 0 aliphatic rings. The number of hydrogen-bond acceptors (Lipinski definition) is 4. The van der Waals surface area contributed by atoms with E-state index < -0.39 is 0 Å². The molecule has 0 saturated carbocycles. The smallest absolute Gasteiger partial charge is 0.283 e. The highest BCUT2D eigenvalue weighted by molar-refractivity contribution is 9.10. The average molecular weight is 342 g/mol. The first-order valence-corrected chi connectivity index (χ1v) is 7.91. The van der Waals surface area contributed by atoms with Crippen molar-refractivity contribution in [3.63, 3.8) is 0 Å². The Morgan fingerprint density at radius 3 is 3.05 bits per heavy atom. The van der Waals surface area contributed by atoms with Crippen molar-refractivity contribution in [2.45, 2.75) is 32.9 Å². The summed E-state index contributed by atoms with van der Waals surface area (Å²) in [6.07, 6.45) is 3.71. The van der Waals surface area contributed by atoms with Crippen molar-refractivity contribution in [1.82, 2.24) is 9.78 Å². The fourth-order valence-corrected chi connectivity index (χ4v) is 2.74. The van der Waals surface area contributed by atoms with E-state index in [0.717, 1.165) is 18.5 Å². The maximum atomic E-state index is 12.1. The summed E-state index contributed by atoms with van der Waals surface area (Å²) in [6.45, 7) is 3.46. The van der Waals surface area contributed by atoms with E-state index >= 15 is 0 Å². The molecule has 0 saturated heterocycles. The molecule has 0 bridgehead atoms. The van der Waals surface area contributed by atoms with Crippen LogP contribution in [0.4, 0.5) is 5.69 Å². The number of rotatable bonds is 6. The van der Waals surface area contributed by atoms with Crippen LogP contribution in [0, 0.1) is 0 Å². The predicted octanol–water partition coefficient (Wildman–Crippen LogP) is 3.48. The van der Waals surface area contributed by atoms with Crippen LogP contribution >= 0.6 is 27.3 Å². The number of hydrogen-bond donors (Lipinski definition) is 1. The van der Waals surface area contributed by atoms with Crippen molar-refractivity contribution in [1.29, 1.82) is 0 Å². The second kappa shape index (κ2) is 6.86. The lowest BCUT2D eigenvalue weighted by atomic mass is 10.3. The third-order valence-electron chi connectivity index (χ3n) is 2.74. The second-order valence-corrected chi connectivity index (χ2v) is 6.01. The molecule has 0 spiro atoms. The number of anilines is 1. The minimum Gasteiger partial charge on any atom is -0.378 e. The molecule has 0 aromatic carbocycles. The summed E-state index contributed by atoms with van der Waals surface area (Å²) >= 11 is 5.04. The topological polar surface area (TPSA) is 46.9 Å². The summed E-state index contributed by atoms with van der Waals surface area (Å²) in [5, 5.41) is 9.45. The zero-order valence-corrected chi connectivity index (χ0v) is 13.1. The van der Waals surface area contributed by atoms with Crippen molar-refractivity contribution in [2.75, 3.05) is 5.32 Å². The molecule has 2 heterocycles. The van der Waals surface area contributed by atoms with Gasteiger partial charge < -0.3 is 5.32 Å². The summed E-state index contributed by atoms with van der Waals surface area (Å²) < 4.78 is 2.05. The molecule has 2 aromatic heterocycles. The Kier molecular flexibility index (Phi) is 5.15. The van der Waals surface area contributed by atoms with Gasteiger partial charge in [0.2, 0.25) is 0 Å². The predicted molar refractivity (Wildman–Crippen MR) is 82.8 cm³/mol. The number of nitrogens with zero attached hydrogens (tertiary/aromatic N) is 2. The van der Waals surface area contributed by atoms with E-state index in [0.29, 0.717) is 17.6 Å². The zero-order chi connectivity index (χ0) is 13.7. The number of aryl methyl sites for hydroxylation is 1. The molecule has 2 aromatic rings. The molecule has 0 radical (unpaired) electrons. The van der Waals surface area contributed by atoms with E-state index in [2.05, 4.69) is 39.3 Å². The molecule has 0 atom stereocenters. The van der Waals surface area contributed by atoms with Crippen LogP contribution in [0.25, 0.3) is 0 Å². The van der Waals surface area contributed by atoms with Gasteiger partial charge in [-0.1, -0.05) is 19.4 Å². The lowest BCUT2D eigenvalue weighted by Gasteiger charge is -2.09. The van der Waals surface area contributed by atoms with Gasteiger partial charge in [0.05, 0.1) is 11.9 Å². The first-order valence-electron chi connectivity index (χ1n) is 6.24. The molecule has 0 amide bonds. The van der Waals surface area contributed by atoms with Gasteiger partial charge in [0, 0.05) is 18.0 Å². The van der Waals surface area contributed by atoms with Crippen molar-refractivity contribution < 1.29 is 0 Å². The molecule has 6 heteroatoms. The maximum Gasteiger partial charge on any atom is 0.283 e. The Labute approximate surface area is 124 Å². The first-order chi connectivity index (χ1) is 9.22. The van der Waals surface area contributed by atoms with Crippen LogP contribution in [-0.2, 0) is 13.1 Å². The monoisotopic (exact) mass is 341 g/mol.